The molecule has 2 aromatic carbocycles. The smallest absolute Gasteiger partial charge is 0.270 e. The Balaban J connectivity index is 1.47. The molecule has 1 fully saturated rings. The van der Waals surface area contributed by atoms with E-state index in [1.54, 1.807) is 11.3 Å². The van der Waals surface area contributed by atoms with Gasteiger partial charge in [0, 0.05) is 40.7 Å². The molecule has 0 aliphatic carbocycles. The molecule has 2 amide bonds. The van der Waals surface area contributed by atoms with E-state index in [0.29, 0.717) is 18.8 Å². The molecule has 1 saturated heterocycles. The van der Waals surface area contributed by atoms with Crippen LogP contribution in [0.3, 0.4) is 0 Å². The van der Waals surface area contributed by atoms with E-state index in [2.05, 4.69) is 22.4 Å². The van der Waals surface area contributed by atoms with Crippen molar-refractivity contribution in [1.82, 2.24) is 15.2 Å². The number of carbonyl (C=O) groups is 2. The molecule has 1 aliphatic rings. The van der Waals surface area contributed by atoms with E-state index in [-0.39, 0.29) is 23.8 Å². The topological polar surface area (TPSA) is 65.2 Å². The van der Waals surface area contributed by atoms with E-state index < -0.39 is 0 Å². The van der Waals surface area contributed by atoms with Crippen LogP contribution in [0.2, 0.25) is 0 Å². The molecule has 164 valence electrons. The molecule has 1 unspecified atom stereocenters. The summed E-state index contributed by atoms with van der Waals surface area (Å²) in [4.78, 5) is 32.4. The number of carbonyl (C=O) groups excluding carboxylic acids is 2. The van der Waals surface area contributed by atoms with E-state index >= 15 is 0 Å². The van der Waals surface area contributed by atoms with E-state index in [9.17, 15) is 9.59 Å². The van der Waals surface area contributed by atoms with Gasteiger partial charge in [0.15, 0.2) is 0 Å². The van der Waals surface area contributed by atoms with Gasteiger partial charge in [-0.25, -0.2) is 0 Å². The molecule has 32 heavy (non-hydrogen) atoms. The molecule has 1 atom stereocenters. The van der Waals surface area contributed by atoms with Crippen LogP contribution < -0.4 is 5.32 Å². The minimum absolute atomic E-state index is 0.0209. The summed E-state index contributed by atoms with van der Waals surface area (Å²) < 4.78 is 1.12. The van der Waals surface area contributed by atoms with Crippen LogP contribution >= 0.6 is 11.3 Å². The van der Waals surface area contributed by atoms with E-state index in [4.69, 9.17) is 0 Å². The Hall–Kier alpha value is -3.12. The van der Waals surface area contributed by atoms with Crippen molar-refractivity contribution in [3.8, 4) is 0 Å². The fourth-order valence-electron chi connectivity index (χ4n) is 4.80. The molecule has 2 N–H and O–H groups in total. The molecule has 0 bridgehead atoms. The number of hydrogen-bond donors (Lipinski definition) is 2. The standard InChI is InChI=1S/C26H27N3O2S/c1-15(2)27-25(30)24-22(19-9-5-7-11-21(19)32-24)17-12-13-29(14-17)26(31)23-16(3)18-8-4-6-10-20(18)28-23/h4-11,15,17,28H,12-14H2,1-3H3,(H,27,30). The highest BCUT2D eigenvalue weighted by Crippen LogP contribution is 2.40. The average molecular weight is 446 g/mol. The maximum atomic E-state index is 13.4. The Morgan fingerprint density at radius 1 is 1.09 bits per heavy atom. The van der Waals surface area contributed by atoms with Gasteiger partial charge in [0.1, 0.15) is 5.69 Å². The van der Waals surface area contributed by atoms with Crippen molar-refractivity contribution >= 4 is 44.1 Å². The molecule has 1 aliphatic heterocycles. The van der Waals surface area contributed by atoms with Crippen molar-refractivity contribution in [2.24, 2.45) is 0 Å². The Labute approximate surface area is 191 Å². The summed E-state index contributed by atoms with van der Waals surface area (Å²) in [5, 5.41) is 5.27. The molecule has 3 heterocycles. The third-order valence-electron chi connectivity index (χ3n) is 6.32. The van der Waals surface area contributed by atoms with Gasteiger partial charge in [-0.05, 0) is 55.8 Å². The lowest BCUT2D eigenvalue weighted by atomic mass is 9.95. The number of amides is 2. The average Bonchev–Trinajstić information content (AvgIpc) is 3.48. The molecule has 0 radical (unpaired) electrons. The molecule has 6 heteroatoms. The van der Waals surface area contributed by atoms with Crippen LogP contribution in [-0.2, 0) is 0 Å². The van der Waals surface area contributed by atoms with Crippen LogP contribution in [0.15, 0.2) is 48.5 Å². The summed E-state index contributed by atoms with van der Waals surface area (Å²) >= 11 is 1.55. The number of nitrogens with zero attached hydrogens (tertiary/aromatic N) is 1. The Bertz CT molecular complexity index is 1330. The highest BCUT2D eigenvalue weighted by atomic mass is 32.1. The van der Waals surface area contributed by atoms with Crippen molar-refractivity contribution in [2.75, 3.05) is 13.1 Å². The number of nitrogens with one attached hydrogen (secondary N) is 2. The molecular formula is C26H27N3O2S. The van der Waals surface area contributed by atoms with Crippen LogP contribution in [0, 0.1) is 6.92 Å². The molecule has 2 aromatic heterocycles. The van der Waals surface area contributed by atoms with Crippen LogP contribution in [-0.4, -0.2) is 40.8 Å². The Kier molecular flexibility index (Phi) is 5.25. The lowest BCUT2D eigenvalue weighted by Gasteiger charge is -2.17. The van der Waals surface area contributed by atoms with Crippen molar-refractivity contribution in [3.63, 3.8) is 0 Å². The zero-order chi connectivity index (χ0) is 22.4. The third kappa shape index (κ3) is 3.48. The number of fused-ring (bicyclic) bond motifs is 2. The number of H-pyrrole nitrogens is 1. The second kappa shape index (κ2) is 8.10. The van der Waals surface area contributed by atoms with Crippen molar-refractivity contribution in [2.45, 2.75) is 39.2 Å². The number of benzene rings is 2. The summed E-state index contributed by atoms with van der Waals surface area (Å²) in [6.07, 6.45) is 0.855. The first-order valence-corrected chi connectivity index (χ1v) is 11.9. The van der Waals surface area contributed by atoms with Gasteiger partial charge in [-0.3, -0.25) is 9.59 Å². The van der Waals surface area contributed by atoms with Crippen molar-refractivity contribution < 1.29 is 9.59 Å². The van der Waals surface area contributed by atoms with Gasteiger partial charge < -0.3 is 15.2 Å². The molecular weight excluding hydrogens is 418 g/mol. The molecule has 5 nitrogen and oxygen atoms in total. The number of aromatic amines is 1. The zero-order valence-corrected chi connectivity index (χ0v) is 19.4. The monoisotopic (exact) mass is 445 g/mol. The van der Waals surface area contributed by atoms with Gasteiger partial charge in [-0.15, -0.1) is 11.3 Å². The predicted molar refractivity (Wildman–Crippen MR) is 131 cm³/mol. The normalized spacial score (nSPS) is 16.4. The molecule has 5 rings (SSSR count). The predicted octanol–water partition coefficient (Wildman–Crippen LogP) is 5.46. The molecule has 0 saturated carbocycles. The molecule has 4 aromatic rings. The van der Waals surface area contributed by atoms with Crippen LogP contribution in [0.5, 0.6) is 0 Å². The maximum Gasteiger partial charge on any atom is 0.270 e. The fraction of sp³-hybridized carbons (Fsp3) is 0.308. The maximum absolute atomic E-state index is 13.4. The van der Waals surface area contributed by atoms with Gasteiger partial charge >= 0.3 is 0 Å². The van der Waals surface area contributed by atoms with Gasteiger partial charge in [0.25, 0.3) is 11.8 Å². The van der Waals surface area contributed by atoms with Gasteiger partial charge in [0.2, 0.25) is 0 Å². The highest BCUT2D eigenvalue weighted by Gasteiger charge is 2.34. The summed E-state index contributed by atoms with van der Waals surface area (Å²) in [6, 6.07) is 16.3. The summed E-state index contributed by atoms with van der Waals surface area (Å²) in [5.41, 5.74) is 3.74. The lowest BCUT2D eigenvalue weighted by Crippen LogP contribution is -2.31. The fourth-order valence-corrected chi connectivity index (χ4v) is 5.99. The summed E-state index contributed by atoms with van der Waals surface area (Å²) in [6.45, 7) is 7.26. The Morgan fingerprint density at radius 2 is 1.81 bits per heavy atom. The van der Waals surface area contributed by atoms with Gasteiger partial charge in [-0.1, -0.05) is 36.4 Å². The van der Waals surface area contributed by atoms with Crippen molar-refractivity contribution in [3.05, 3.63) is 70.2 Å². The minimum Gasteiger partial charge on any atom is -0.350 e. The Morgan fingerprint density at radius 3 is 2.56 bits per heavy atom. The first kappa shape index (κ1) is 20.8. The summed E-state index contributed by atoms with van der Waals surface area (Å²) in [7, 11) is 0. The highest BCUT2D eigenvalue weighted by molar-refractivity contribution is 7.21. The number of para-hydroxylation sites is 1. The van der Waals surface area contributed by atoms with Crippen LogP contribution in [0.4, 0.5) is 0 Å². The number of thiophene rings is 1. The van der Waals surface area contributed by atoms with E-state index in [0.717, 1.165) is 43.4 Å². The number of likely N-dealkylation sites (tertiary alicyclic amines) is 1. The lowest BCUT2D eigenvalue weighted by molar-refractivity contribution is 0.0785. The van der Waals surface area contributed by atoms with Crippen molar-refractivity contribution in [1.29, 1.82) is 0 Å². The minimum atomic E-state index is -0.0209. The second-order valence-electron chi connectivity index (χ2n) is 8.88. The summed E-state index contributed by atoms with van der Waals surface area (Å²) in [5.74, 6) is 0.161. The first-order chi connectivity index (χ1) is 15.4. The quantitative estimate of drug-likeness (QED) is 0.438. The van der Waals surface area contributed by atoms with Gasteiger partial charge in [0.05, 0.1) is 4.88 Å². The van der Waals surface area contributed by atoms with Crippen LogP contribution in [0.25, 0.3) is 21.0 Å². The van der Waals surface area contributed by atoms with E-state index in [1.165, 1.54) is 0 Å². The largest absolute Gasteiger partial charge is 0.350 e. The SMILES string of the molecule is Cc1c(C(=O)N2CCC(c3c(C(=O)NC(C)C)sc4ccccc34)C2)[nH]c2ccccc12. The van der Waals surface area contributed by atoms with E-state index in [1.807, 2.05) is 62.1 Å². The number of aromatic nitrogens is 1. The number of aryl methyl sites for hydroxylation is 1. The second-order valence-corrected chi connectivity index (χ2v) is 9.93. The van der Waals surface area contributed by atoms with Crippen LogP contribution in [0.1, 0.15) is 57.5 Å². The number of hydrogen-bond acceptors (Lipinski definition) is 3. The first-order valence-electron chi connectivity index (χ1n) is 11.1. The molecule has 0 spiro atoms. The third-order valence-corrected chi connectivity index (χ3v) is 7.51. The number of rotatable bonds is 4. The zero-order valence-electron chi connectivity index (χ0n) is 18.6. The van der Waals surface area contributed by atoms with Gasteiger partial charge in [-0.2, -0.15) is 0 Å².